The Bertz CT molecular complexity index is 514. The summed E-state index contributed by atoms with van der Waals surface area (Å²) in [4.78, 5) is 14.1. The smallest absolute Gasteiger partial charge is 0.341 e. The maximum atomic E-state index is 13.3. The van der Waals surface area contributed by atoms with Crippen molar-refractivity contribution in [3.05, 3.63) is 41.9 Å². The third kappa shape index (κ3) is 1.65. The molecule has 0 unspecified atom stereocenters. The SMILES string of the molecule is O=C(O)c1c(F)cc(-c2cnco2)cc1F. The van der Waals surface area contributed by atoms with Crippen LogP contribution in [0.2, 0.25) is 0 Å². The largest absolute Gasteiger partial charge is 0.477 e. The highest BCUT2D eigenvalue weighted by molar-refractivity contribution is 5.89. The lowest BCUT2D eigenvalue weighted by Gasteiger charge is -2.02. The zero-order valence-corrected chi connectivity index (χ0v) is 7.78. The molecule has 16 heavy (non-hydrogen) atoms. The van der Waals surface area contributed by atoms with E-state index in [4.69, 9.17) is 9.52 Å². The summed E-state index contributed by atoms with van der Waals surface area (Å²) in [6, 6.07) is 1.76. The van der Waals surface area contributed by atoms with Crippen molar-refractivity contribution in [1.82, 2.24) is 4.98 Å². The van der Waals surface area contributed by atoms with E-state index in [1.165, 1.54) is 6.20 Å². The summed E-state index contributed by atoms with van der Waals surface area (Å²) in [5.41, 5.74) is -0.888. The molecule has 1 aromatic carbocycles. The minimum Gasteiger partial charge on any atom is -0.477 e. The second-order valence-corrected chi connectivity index (χ2v) is 2.99. The van der Waals surface area contributed by atoms with E-state index in [-0.39, 0.29) is 11.3 Å². The predicted octanol–water partition coefficient (Wildman–Crippen LogP) is 2.32. The van der Waals surface area contributed by atoms with E-state index in [0.717, 1.165) is 18.5 Å². The first-order valence-corrected chi connectivity index (χ1v) is 4.21. The maximum absolute atomic E-state index is 13.3. The Morgan fingerprint density at radius 3 is 2.38 bits per heavy atom. The third-order valence-electron chi connectivity index (χ3n) is 1.97. The van der Waals surface area contributed by atoms with E-state index in [2.05, 4.69) is 4.98 Å². The normalized spacial score (nSPS) is 10.4. The number of hydrogen-bond acceptors (Lipinski definition) is 3. The molecule has 82 valence electrons. The Balaban J connectivity index is 2.58. The van der Waals surface area contributed by atoms with Crippen LogP contribution in [-0.4, -0.2) is 16.1 Å². The number of carbonyl (C=O) groups is 1. The molecule has 1 aromatic heterocycles. The maximum Gasteiger partial charge on any atom is 0.341 e. The van der Waals surface area contributed by atoms with E-state index in [0.29, 0.717) is 0 Å². The van der Waals surface area contributed by atoms with Crippen molar-refractivity contribution in [2.45, 2.75) is 0 Å². The number of nitrogens with zero attached hydrogens (tertiary/aromatic N) is 1. The van der Waals surface area contributed by atoms with Gasteiger partial charge in [-0.1, -0.05) is 0 Å². The van der Waals surface area contributed by atoms with Crippen LogP contribution < -0.4 is 0 Å². The number of carboxylic acid groups (broad SMARTS) is 1. The molecule has 0 spiro atoms. The van der Waals surface area contributed by atoms with Crippen LogP contribution in [0.25, 0.3) is 11.3 Å². The lowest BCUT2D eigenvalue weighted by Crippen LogP contribution is -2.04. The number of benzene rings is 1. The topological polar surface area (TPSA) is 63.3 Å². The number of oxazole rings is 1. The van der Waals surface area contributed by atoms with Crippen LogP contribution in [0.4, 0.5) is 8.78 Å². The second-order valence-electron chi connectivity index (χ2n) is 2.99. The number of hydrogen-bond donors (Lipinski definition) is 1. The molecule has 1 N–H and O–H groups in total. The molecule has 0 radical (unpaired) electrons. The minimum absolute atomic E-state index is 0.0949. The lowest BCUT2D eigenvalue weighted by atomic mass is 10.1. The van der Waals surface area contributed by atoms with E-state index >= 15 is 0 Å². The van der Waals surface area contributed by atoms with Crippen molar-refractivity contribution in [3.8, 4) is 11.3 Å². The van der Waals surface area contributed by atoms with Crippen LogP contribution in [0, 0.1) is 11.6 Å². The van der Waals surface area contributed by atoms with E-state index in [1.807, 2.05) is 0 Å². The van der Waals surface area contributed by atoms with Gasteiger partial charge in [0.1, 0.15) is 17.2 Å². The predicted molar refractivity (Wildman–Crippen MR) is 48.8 cm³/mol. The highest BCUT2D eigenvalue weighted by Crippen LogP contribution is 2.23. The summed E-state index contributed by atoms with van der Waals surface area (Å²) in [7, 11) is 0. The molecule has 0 aliphatic heterocycles. The van der Waals surface area contributed by atoms with Gasteiger partial charge < -0.3 is 9.52 Å². The van der Waals surface area contributed by atoms with E-state index in [9.17, 15) is 13.6 Å². The summed E-state index contributed by atoms with van der Waals surface area (Å²) in [6.45, 7) is 0. The minimum atomic E-state index is -1.65. The molecule has 6 heteroatoms. The van der Waals surface area contributed by atoms with Crippen molar-refractivity contribution in [1.29, 1.82) is 0 Å². The Morgan fingerprint density at radius 1 is 1.31 bits per heavy atom. The van der Waals surface area contributed by atoms with Gasteiger partial charge in [-0.2, -0.15) is 0 Å². The molecule has 2 rings (SSSR count). The molecule has 1 heterocycles. The van der Waals surface area contributed by atoms with Crippen LogP contribution in [0.15, 0.2) is 29.1 Å². The molecule has 0 bridgehead atoms. The standard InChI is InChI=1S/C10H5F2NO3/c11-6-1-5(8-3-13-4-16-8)2-7(12)9(6)10(14)15/h1-4H,(H,14,15). The number of rotatable bonds is 2. The fraction of sp³-hybridized carbons (Fsp3) is 0. The molecule has 2 aromatic rings. The molecule has 0 fully saturated rings. The summed E-state index contributed by atoms with van der Waals surface area (Å²) in [6.07, 6.45) is 2.38. The monoisotopic (exact) mass is 225 g/mol. The number of aromatic nitrogens is 1. The third-order valence-corrected chi connectivity index (χ3v) is 1.97. The van der Waals surface area contributed by atoms with Crippen LogP contribution in [0.3, 0.4) is 0 Å². The zero-order chi connectivity index (χ0) is 11.7. The summed E-state index contributed by atoms with van der Waals surface area (Å²) in [5, 5.41) is 8.55. The Hall–Kier alpha value is -2.24. The van der Waals surface area contributed by atoms with Crippen LogP contribution in [-0.2, 0) is 0 Å². The molecule has 0 amide bonds. The van der Waals surface area contributed by atoms with Crippen molar-refractivity contribution < 1.29 is 23.1 Å². The Kier molecular flexibility index (Phi) is 2.40. The summed E-state index contributed by atoms with van der Waals surface area (Å²) < 4.78 is 31.4. The molecule has 0 aliphatic carbocycles. The quantitative estimate of drug-likeness (QED) is 0.851. The van der Waals surface area contributed by atoms with Crippen molar-refractivity contribution in [2.75, 3.05) is 0 Å². The fourth-order valence-corrected chi connectivity index (χ4v) is 1.28. The van der Waals surface area contributed by atoms with Gasteiger partial charge in [0.25, 0.3) is 0 Å². The fourth-order valence-electron chi connectivity index (χ4n) is 1.28. The van der Waals surface area contributed by atoms with Gasteiger partial charge in [-0.25, -0.2) is 18.6 Å². The molecule has 0 aliphatic rings. The Morgan fingerprint density at radius 2 is 1.94 bits per heavy atom. The van der Waals surface area contributed by atoms with E-state index < -0.39 is 23.2 Å². The second kappa shape index (κ2) is 3.73. The molecule has 4 nitrogen and oxygen atoms in total. The van der Waals surface area contributed by atoms with Gasteiger partial charge >= 0.3 is 5.97 Å². The van der Waals surface area contributed by atoms with Crippen LogP contribution >= 0.6 is 0 Å². The van der Waals surface area contributed by atoms with Gasteiger partial charge in [0.15, 0.2) is 12.2 Å². The molecule has 0 saturated heterocycles. The molecular weight excluding hydrogens is 220 g/mol. The zero-order valence-electron chi connectivity index (χ0n) is 7.78. The van der Waals surface area contributed by atoms with Gasteiger partial charge in [0.2, 0.25) is 0 Å². The van der Waals surface area contributed by atoms with E-state index in [1.54, 1.807) is 0 Å². The number of halogens is 2. The first-order chi connectivity index (χ1) is 7.59. The van der Waals surface area contributed by atoms with Crippen LogP contribution in [0.1, 0.15) is 10.4 Å². The van der Waals surface area contributed by atoms with Crippen molar-refractivity contribution in [3.63, 3.8) is 0 Å². The summed E-state index contributed by atoms with van der Waals surface area (Å²) in [5.74, 6) is -3.80. The Labute approximate surface area is 88.2 Å². The molecule has 0 atom stereocenters. The van der Waals surface area contributed by atoms with Gasteiger partial charge in [0, 0.05) is 5.56 Å². The molecule has 0 saturated carbocycles. The number of aromatic carboxylic acids is 1. The van der Waals surface area contributed by atoms with Gasteiger partial charge in [0.05, 0.1) is 6.20 Å². The lowest BCUT2D eigenvalue weighted by molar-refractivity contribution is 0.0686. The first kappa shape index (κ1) is 10.3. The summed E-state index contributed by atoms with van der Waals surface area (Å²) >= 11 is 0. The highest BCUT2D eigenvalue weighted by atomic mass is 19.1. The highest BCUT2D eigenvalue weighted by Gasteiger charge is 2.18. The van der Waals surface area contributed by atoms with Gasteiger partial charge in [-0.05, 0) is 12.1 Å². The van der Waals surface area contributed by atoms with Crippen molar-refractivity contribution >= 4 is 5.97 Å². The van der Waals surface area contributed by atoms with Gasteiger partial charge in [-0.15, -0.1) is 0 Å². The van der Waals surface area contributed by atoms with Crippen LogP contribution in [0.5, 0.6) is 0 Å². The average molecular weight is 225 g/mol. The van der Waals surface area contributed by atoms with Crippen molar-refractivity contribution in [2.24, 2.45) is 0 Å². The van der Waals surface area contributed by atoms with Gasteiger partial charge in [-0.3, -0.25) is 0 Å². The first-order valence-electron chi connectivity index (χ1n) is 4.21. The molecular formula is C10H5F2NO3. The number of carboxylic acids is 1. The average Bonchev–Trinajstić information content (AvgIpc) is 2.67.